The Morgan fingerprint density at radius 1 is 1.56 bits per heavy atom. The number of primary amides is 1. The van der Waals surface area contributed by atoms with Gasteiger partial charge in [0.1, 0.15) is 6.04 Å². The molecule has 1 aliphatic heterocycles. The first kappa shape index (κ1) is 14.2. The molecule has 0 saturated carbocycles. The van der Waals surface area contributed by atoms with Crippen molar-refractivity contribution in [3.63, 3.8) is 0 Å². The van der Waals surface area contributed by atoms with E-state index >= 15 is 0 Å². The second-order valence-electron chi connectivity index (χ2n) is 4.14. The van der Waals surface area contributed by atoms with Gasteiger partial charge in [-0.25, -0.2) is 9.59 Å². The first-order valence-electron chi connectivity index (χ1n) is 5.58. The third-order valence-electron chi connectivity index (χ3n) is 2.53. The van der Waals surface area contributed by atoms with Crippen molar-refractivity contribution in [2.24, 2.45) is 5.73 Å². The van der Waals surface area contributed by atoms with Crippen molar-refractivity contribution >= 4 is 17.9 Å². The van der Waals surface area contributed by atoms with Gasteiger partial charge >= 0.3 is 12.0 Å². The van der Waals surface area contributed by atoms with Gasteiger partial charge in [0.2, 0.25) is 5.91 Å². The molecule has 0 spiro atoms. The van der Waals surface area contributed by atoms with E-state index in [1.54, 1.807) is 0 Å². The Labute approximate surface area is 104 Å². The van der Waals surface area contributed by atoms with Crippen LogP contribution in [0.4, 0.5) is 4.79 Å². The van der Waals surface area contributed by atoms with Gasteiger partial charge in [-0.05, 0) is 6.92 Å². The Morgan fingerprint density at radius 3 is 2.72 bits per heavy atom. The van der Waals surface area contributed by atoms with Crippen LogP contribution in [-0.4, -0.2) is 59.8 Å². The fourth-order valence-electron chi connectivity index (χ4n) is 1.64. The number of aliphatic carboxylic acids is 1. The first-order valence-corrected chi connectivity index (χ1v) is 5.58. The molecule has 1 saturated heterocycles. The van der Waals surface area contributed by atoms with Crippen molar-refractivity contribution in [1.82, 2.24) is 10.2 Å². The molecule has 1 heterocycles. The van der Waals surface area contributed by atoms with Gasteiger partial charge in [-0.1, -0.05) is 0 Å². The molecule has 8 nitrogen and oxygen atoms in total. The predicted molar refractivity (Wildman–Crippen MR) is 60.8 cm³/mol. The number of hydrogen-bond acceptors (Lipinski definition) is 4. The van der Waals surface area contributed by atoms with E-state index in [0.717, 1.165) is 0 Å². The Balaban J connectivity index is 2.54. The summed E-state index contributed by atoms with van der Waals surface area (Å²) in [5.74, 6) is -2.07. The molecular weight excluding hydrogens is 242 g/mol. The molecule has 4 N–H and O–H groups in total. The fraction of sp³-hybridized carbons (Fsp3) is 0.700. The number of carbonyl (C=O) groups excluding carboxylic acids is 2. The summed E-state index contributed by atoms with van der Waals surface area (Å²) in [6.07, 6.45) is -0.523. The monoisotopic (exact) mass is 259 g/mol. The second-order valence-corrected chi connectivity index (χ2v) is 4.14. The molecule has 2 atom stereocenters. The largest absolute Gasteiger partial charge is 0.480 e. The van der Waals surface area contributed by atoms with Crippen LogP contribution in [0.5, 0.6) is 0 Å². The van der Waals surface area contributed by atoms with Crippen LogP contribution in [0.1, 0.15) is 13.3 Å². The van der Waals surface area contributed by atoms with E-state index in [4.69, 9.17) is 15.6 Å². The summed E-state index contributed by atoms with van der Waals surface area (Å²) >= 11 is 0. The molecule has 102 valence electrons. The summed E-state index contributed by atoms with van der Waals surface area (Å²) in [5.41, 5.74) is 4.92. The average molecular weight is 259 g/mol. The molecule has 8 heteroatoms. The number of nitrogens with two attached hydrogens (primary N) is 1. The number of carboxylic acids is 1. The highest BCUT2D eigenvalue weighted by Gasteiger charge is 2.27. The Bertz CT molecular complexity index is 346. The fourth-order valence-corrected chi connectivity index (χ4v) is 1.64. The summed E-state index contributed by atoms with van der Waals surface area (Å²) in [6.45, 7) is 2.99. The lowest BCUT2D eigenvalue weighted by atomic mass is 10.2. The smallest absolute Gasteiger partial charge is 0.326 e. The summed E-state index contributed by atoms with van der Waals surface area (Å²) < 4.78 is 5.26. The van der Waals surface area contributed by atoms with Gasteiger partial charge in [-0.2, -0.15) is 0 Å². The van der Waals surface area contributed by atoms with E-state index < -0.39 is 30.4 Å². The van der Waals surface area contributed by atoms with Crippen molar-refractivity contribution in [2.45, 2.75) is 25.5 Å². The molecule has 3 amide bonds. The molecular formula is C10H17N3O5. The maximum absolute atomic E-state index is 11.8. The van der Waals surface area contributed by atoms with Crippen LogP contribution in [0, 0.1) is 0 Å². The minimum absolute atomic E-state index is 0.0936. The molecule has 0 aromatic carbocycles. The van der Waals surface area contributed by atoms with Crippen molar-refractivity contribution in [3.05, 3.63) is 0 Å². The average Bonchev–Trinajstić information content (AvgIpc) is 2.27. The standard InChI is InChI=1S/C10H17N3O5/c1-6-5-13(2-3-18-6)10(17)12-7(9(15)16)4-8(11)14/h6-7H,2-5H2,1H3,(H2,11,14)(H,12,17)(H,15,16)/t6?,7-/m1/s1. The maximum Gasteiger partial charge on any atom is 0.326 e. The molecule has 0 aliphatic carbocycles. The molecule has 1 unspecified atom stereocenters. The highest BCUT2D eigenvalue weighted by molar-refractivity contribution is 5.87. The van der Waals surface area contributed by atoms with E-state index in [0.29, 0.717) is 19.7 Å². The highest BCUT2D eigenvalue weighted by atomic mass is 16.5. The number of hydrogen-bond donors (Lipinski definition) is 3. The van der Waals surface area contributed by atoms with E-state index in [1.165, 1.54) is 4.90 Å². The van der Waals surface area contributed by atoms with Gasteiger partial charge in [0.05, 0.1) is 19.1 Å². The topological polar surface area (TPSA) is 122 Å². The lowest BCUT2D eigenvalue weighted by molar-refractivity contribution is -0.141. The zero-order chi connectivity index (χ0) is 13.7. The van der Waals surface area contributed by atoms with Crippen LogP contribution < -0.4 is 11.1 Å². The molecule has 1 aliphatic rings. The quantitative estimate of drug-likeness (QED) is 0.582. The van der Waals surface area contributed by atoms with Crippen LogP contribution in [0.25, 0.3) is 0 Å². The minimum atomic E-state index is -1.30. The van der Waals surface area contributed by atoms with E-state index in [9.17, 15) is 14.4 Å². The van der Waals surface area contributed by atoms with Crippen molar-refractivity contribution in [1.29, 1.82) is 0 Å². The van der Waals surface area contributed by atoms with E-state index in [-0.39, 0.29) is 6.10 Å². The number of nitrogens with zero attached hydrogens (tertiary/aromatic N) is 1. The van der Waals surface area contributed by atoms with Crippen LogP contribution in [-0.2, 0) is 14.3 Å². The Kier molecular flexibility index (Phi) is 4.90. The summed E-state index contributed by atoms with van der Waals surface area (Å²) in [6, 6.07) is -1.83. The van der Waals surface area contributed by atoms with Crippen LogP contribution >= 0.6 is 0 Å². The van der Waals surface area contributed by atoms with Gasteiger partial charge in [0.15, 0.2) is 0 Å². The molecule has 18 heavy (non-hydrogen) atoms. The number of nitrogens with one attached hydrogen (secondary N) is 1. The Hall–Kier alpha value is -1.83. The number of urea groups is 1. The number of carbonyl (C=O) groups is 3. The lowest BCUT2D eigenvalue weighted by Gasteiger charge is -2.31. The highest BCUT2D eigenvalue weighted by Crippen LogP contribution is 2.05. The number of morpholine rings is 1. The molecule has 1 fully saturated rings. The van der Waals surface area contributed by atoms with E-state index in [1.807, 2.05) is 6.92 Å². The van der Waals surface area contributed by atoms with Gasteiger partial charge in [0.25, 0.3) is 0 Å². The zero-order valence-corrected chi connectivity index (χ0v) is 10.1. The van der Waals surface area contributed by atoms with Crippen molar-refractivity contribution in [3.8, 4) is 0 Å². The number of carboxylic acid groups (broad SMARTS) is 1. The molecule has 0 aromatic heterocycles. The summed E-state index contributed by atoms with van der Waals surface area (Å²) in [4.78, 5) is 34.8. The molecule has 0 aromatic rings. The second kappa shape index (κ2) is 6.20. The number of ether oxygens (including phenoxy) is 1. The number of rotatable bonds is 4. The molecule has 0 radical (unpaired) electrons. The Morgan fingerprint density at radius 2 is 2.22 bits per heavy atom. The van der Waals surface area contributed by atoms with Gasteiger partial charge in [0, 0.05) is 13.1 Å². The zero-order valence-electron chi connectivity index (χ0n) is 10.1. The van der Waals surface area contributed by atoms with E-state index in [2.05, 4.69) is 5.32 Å². The minimum Gasteiger partial charge on any atom is -0.480 e. The van der Waals surface area contributed by atoms with Crippen molar-refractivity contribution < 1.29 is 24.2 Å². The molecule has 0 bridgehead atoms. The van der Waals surface area contributed by atoms with Crippen LogP contribution in [0.2, 0.25) is 0 Å². The van der Waals surface area contributed by atoms with Crippen LogP contribution in [0.15, 0.2) is 0 Å². The maximum atomic E-state index is 11.8. The summed E-state index contributed by atoms with van der Waals surface area (Å²) in [7, 11) is 0. The normalized spacial score (nSPS) is 21.2. The van der Waals surface area contributed by atoms with Crippen LogP contribution in [0.3, 0.4) is 0 Å². The van der Waals surface area contributed by atoms with Crippen molar-refractivity contribution in [2.75, 3.05) is 19.7 Å². The SMILES string of the molecule is CC1CN(C(=O)N[C@H](CC(N)=O)C(=O)O)CCO1. The van der Waals surface area contributed by atoms with Gasteiger partial charge in [-0.15, -0.1) is 0 Å². The first-order chi connectivity index (χ1) is 8.40. The van der Waals surface area contributed by atoms with Gasteiger partial charge in [-0.3, -0.25) is 4.79 Å². The molecule has 1 rings (SSSR count). The predicted octanol–water partition coefficient (Wildman–Crippen LogP) is -1.25. The third-order valence-corrected chi connectivity index (χ3v) is 2.53. The van der Waals surface area contributed by atoms with Gasteiger partial charge < -0.3 is 25.8 Å². The third kappa shape index (κ3) is 4.21. The summed E-state index contributed by atoms with van der Waals surface area (Å²) in [5, 5.41) is 11.1. The lowest BCUT2D eigenvalue weighted by Crippen LogP contribution is -2.53. The number of amides is 3.